The van der Waals surface area contributed by atoms with Crippen molar-refractivity contribution < 1.29 is 0 Å². The maximum absolute atomic E-state index is 12.3. The van der Waals surface area contributed by atoms with Crippen LogP contribution >= 0.6 is 0 Å². The van der Waals surface area contributed by atoms with Crippen LogP contribution in [0.25, 0.3) is 11.2 Å². The molecule has 2 aromatic heterocycles. The van der Waals surface area contributed by atoms with Crippen molar-refractivity contribution in [3.63, 3.8) is 0 Å². The predicted molar refractivity (Wildman–Crippen MR) is 94.6 cm³/mol. The number of rotatable bonds is 6. The number of imidazole rings is 1. The minimum atomic E-state index is -0.459. The zero-order valence-corrected chi connectivity index (χ0v) is 14.3. The fraction of sp³-hybridized carbons (Fsp3) is 0.625. The Labute approximate surface area is 139 Å². The molecule has 0 unspecified atom stereocenters. The number of aromatic nitrogens is 4. The first-order valence-electron chi connectivity index (χ1n) is 8.62. The minimum absolute atomic E-state index is 0.384. The van der Waals surface area contributed by atoms with Gasteiger partial charge in [0.25, 0.3) is 5.56 Å². The lowest BCUT2D eigenvalue weighted by molar-refractivity contribution is 0.615. The molecule has 0 atom stereocenters. The summed E-state index contributed by atoms with van der Waals surface area (Å²) in [6.07, 6.45) is 7.44. The second kappa shape index (κ2) is 7.02. The maximum Gasteiger partial charge on any atom is 0.329 e. The summed E-state index contributed by atoms with van der Waals surface area (Å²) in [5.41, 5.74) is 4.09. The van der Waals surface area contributed by atoms with Gasteiger partial charge in [-0.25, -0.2) is 10.2 Å². The SMILES string of the molecule is CCCCCn1c(NN=C2CCCC2)nc2c1c(=O)[nH]c(=O)n2C. The number of hydrazone groups is 1. The Kier molecular flexibility index (Phi) is 4.82. The molecular formula is C16H24N6O2. The largest absolute Gasteiger partial charge is 0.329 e. The Morgan fingerprint density at radius 2 is 2.00 bits per heavy atom. The van der Waals surface area contributed by atoms with E-state index >= 15 is 0 Å². The van der Waals surface area contributed by atoms with Gasteiger partial charge < -0.3 is 4.57 Å². The third kappa shape index (κ3) is 3.13. The van der Waals surface area contributed by atoms with E-state index in [1.54, 1.807) is 7.05 Å². The van der Waals surface area contributed by atoms with Crippen molar-refractivity contribution in [2.45, 2.75) is 58.4 Å². The number of anilines is 1. The van der Waals surface area contributed by atoms with Crippen LogP contribution in [0.15, 0.2) is 14.7 Å². The average molecular weight is 332 g/mol. The average Bonchev–Trinajstić information content (AvgIpc) is 3.19. The molecule has 0 aliphatic heterocycles. The number of H-pyrrole nitrogens is 1. The molecule has 130 valence electrons. The van der Waals surface area contributed by atoms with Crippen LogP contribution in [0.1, 0.15) is 51.9 Å². The Hall–Kier alpha value is -2.38. The molecule has 1 aliphatic carbocycles. The highest BCUT2D eigenvalue weighted by atomic mass is 16.2. The highest BCUT2D eigenvalue weighted by molar-refractivity contribution is 5.86. The van der Waals surface area contributed by atoms with E-state index in [0.29, 0.717) is 23.7 Å². The summed E-state index contributed by atoms with van der Waals surface area (Å²) < 4.78 is 3.20. The van der Waals surface area contributed by atoms with Crippen molar-refractivity contribution in [2.24, 2.45) is 12.1 Å². The fourth-order valence-corrected chi connectivity index (χ4v) is 3.08. The number of hydrogen-bond acceptors (Lipinski definition) is 5. The number of aromatic amines is 1. The predicted octanol–water partition coefficient (Wildman–Crippen LogP) is 1.96. The molecule has 3 rings (SSSR count). The third-order valence-corrected chi connectivity index (χ3v) is 4.49. The standard InChI is InChI=1S/C16H24N6O2/c1-3-4-7-10-22-12-13(21(2)16(24)18-14(12)23)17-15(22)20-19-11-8-5-6-9-11/h3-10H2,1-2H3,(H,17,20)(H,18,23,24). The van der Waals surface area contributed by atoms with Crippen LogP contribution in [0.2, 0.25) is 0 Å². The first-order valence-corrected chi connectivity index (χ1v) is 8.62. The molecular weight excluding hydrogens is 308 g/mol. The van der Waals surface area contributed by atoms with Crippen molar-refractivity contribution in [3.05, 3.63) is 20.8 Å². The molecule has 1 saturated carbocycles. The first kappa shape index (κ1) is 16.5. The molecule has 1 aliphatic rings. The zero-order chi connectivity index (χ0) is 17.1. The normalized spacial score (nSPS) is 14.5. The summed E-state index contributed by atoms with van der Waals surface area (Å²) >= 11 is 0. The zero-order valence-electron chi connectivity index (χ0n) is 14.3. The second-order valence-electron chi connectivity index (χ2n) is 6.28. The van der Waals surface area contributed by atoms with Crippen molar-refractivity contribution in [3.8, 4) is 0 Å². The Morgan fingerprint density at radius 3 is 2.71 bits per heavy atom. The molecule has 2 N–H and O–H groups in total. The van der Waals surface area contributed by atoms with Gasteiger partial charge in [0, 0.05) is 19.3 Å². The van der Waals surface area contributed by atoms with Gasteiger partial charge in [-0.3, -0.25) is 14.3 Å². The van der Waals surface area contributed by atoms with E-state index < -0.39 is 11.2 Å². The van der Waals surface area contributed by atoms with E-state index in [0.717, 1.165) is 37.8 Å². The minimum Gasteiger partial charge on any atom is -0.303 e. The van der Waals surface area contributed by atoms with E-state index in [4.69, 9.17) is 0 Å². The highest BCUT2D eigenvalue weighted by Gasteiger charge is 2.17. The molecule has 1 fully saturated rings. The summed E-state index contributed by atoms with van der Waals surface area (Å²) in [4.78, 5) is 30.9. The summed E-state index contributed by atoms with van der Waals surface area (Å²) in [5.74, 6) is 0.521. The van der Waals surface area contributed by atoms with Gasteiger partial charge in [0.2, 0.25) is 5.95 Å². The van der Waals surface area contributed by atoms with Gasteiger partial charge in [-0.1, -0.05) is 19.8 Å². The molecule has 0 amide bonds. The molecule has 0 spiro atoms. The van der Waals surface area contributed by atoms with Crippen LogP contribution in [0.4, 0.5) is 5.95 Å². The monoisotopic (exact) mass is 332 g/mol. The molecule has 8 nitrogen and oxygen atoms in total. The fourth-order valence-electron chi connectivity index (χ4n) is 3.08. The van der Waals surface area contributed by atoms with E-state index in [2.05, 4.69) is 27.4 Å². The van der Waals surface area contributed by atoms with Gasteiger partial charge in [0.05, 0.1) is 0 Å². The second-order valence-corrected chi connectivity index (χ2v) is 6.28. The summed E-state index contributed by atoms with van der Waals surface area (Å²) in [7, 11) is 1.61. The molecule has 2 heterocycles. The molecule has 0 aromatic carbocycles. The lowest BCUT2D eigenvalue weighted by Gasteiger charge is -2.08. The van der Waals surface area contributed by atoms with Crippen molar-refractivity contribution in [1.82, 2.24) is 19.1 Å². The van der Waals surface area contributed by atoms with Gasteiger partial charge in [-0.2, -0.15) is 10.1 Å². The van der Waals surface area contributed by atoms with Crippen molar-refractivity contribution >= 4 is 22.8 Å². The van der Waals surface area contributed by atoms with Crippen molar-refractivity contribution in [2.75, 3.05) is 5.43 Å². The van der Waals surface area contributed by atoms with E-state index in [-0.39, 0.29) is 0 Å². The number of unbranched alkanes of at least 4 members (excludes halogenated alkanes) is 2. The summed E-state index contributed by atoms with van der Waals surface area (Å²) in [6, 6.07) is 0. The lowest BCUT2D eigenvalue weighted by atomic mass is 10.2. The Morgan fingerprint density at radius 1 is 1.25 bits per heavy atom. The smallest absolute Gasteiger partial charge is 0.303 e. The Bertz CT molecular complexity index is 865. The first-order chi connectivity index (χ1) is 11.6. The molecule has 0 radical (unpaired) electrons. The van der Waals surface area contributed by atoms with E-state index in [9.17, 15) is 9.59 Å². The molecule has 24 heavy (non-hydrogen) atoms. The number of hydrogen-bond donors (Lipinski definition) is 2. The molecule has 8 heteroatoms. The lowest BCUT2D eigenvalue weighted by Crippen LogP contribution is -2.29. The number of nitrogens with one attached hydrogen (secondary N) is 2. The molecule has 0 bridgehead atoms. The number of aryl methyl sites for hydroxylation is 2. The topological polar surface area (TPSA) is 97.1 Å². The van der Waals surface area contributed by atoms with Gasteiger partial charge >= 0.3 is 5.69 Å². The molecule has 0 saturated heterocycles. The van der Waals surface area contributed by atoms with E-state index in [1.165, 1.54) is 17.4 Å². The maximum atomic E-state index is 12.3. The van der Waals surface area contributed by atoms with Crippen LogP contribution in [0.3, 0.4) is 0 Å². The van der Waals surface area contributed by atoms with Crippen LogP contribution in [-0.2, 0) is 13.6 Å². The Balaban J connectivity index is 2.05. The number of nitrogens with zero attached hydrogens (tertiary/aromatic N) is 4. The van der Waals surface area contributed by atoms with Gasteiger partial charge in [0.15, 0.2) is 11.2 Å². The van der Waals surface area contributed by atoms with Gasteiger partial charge in [0.1, 0.15) is 0 Å². The molecule has 2 aromatic rings. The van der Waals surface area contributed by atoms with Crippen LogP contribution < -0.4 is 16.7 Å². The quantitative estimate of drug-likeness (QED) is 0.624. The van der Waals surface area contributed by atoms with Gasteiger partial charge in [-0.15, -0.1) is 0 Å². The van der Waals surface area contributed by atoms with Gasteiger partial charge in [-0.05, 0) is 32.1 Å². The van der Waals surface area contributed by atoms with Crippen molar-refractivity contribution in [1.29, 1.82) is 0 Å². The van der Waals surface area contributed by atoms with Crippen LogP contribution in [0.5, 0.6) is 0 Å². The third-order valence-electron chi connectivity index (χ3n) is 4.49. The highest BCUT2D eigenvalue weighted by Crippen LogP contribution is 2.19. The van der Waals surface area contributed by atoms with Crippen LogP contribution in [0, 0.1) is 0 Å². The number of fused-ring (bicyclic) bond motifs is 1. The van der Waals surface area contributed by atoms with E-state index in [1.807, 2.05) is 4.57 Å². The van der Waals surface area contributed by atoms with Crippen LogP contribution in [-0.4, -0.2) is 24.8 Å². The summed E-state index contributed by atoms with van der Waals surface area (Å²) in [6.45, 7) is 2.80. The summed E-state index contributed by atoms with van der Waals surface area (Å²) in [5, 5.41) is 4.44.